The van der Waals surface area contributed by atoms with E-state index in [0.717, 1.165) is 35.4 Å². The number of aliphatic hydroxyl groups excluding tert-OH is 1. The highest BCUT2D eigenvalue weighted by Gasteiger charge is 2.43. The summed E-state index contributed by atoms with van der Waals surface area (Å²) < 4.78 is 5.27. The van der Waals surface area contributed by atoms with Crippen molar-refractivity contribution in [2.45, 2.75) is 43.7 Å². The molecule has 0 radical (unpaired) electrons. The first-order chi connectivity index (χ1) is 12.7. The van der Waals surface area contributed by atoms with E-state index in [1.165, 1.54) is 16.2 Å². The van der Waals surface area contributed by atoms with Gasteiger partial charge in [0.2, 0.25) is 5.91 Å². The van der Waals surface area contributed by atoms with E-state index in [4.69, 9.17) is 4.42 Å². The zero-order chi connectivity index (χ0) is 18.0. The number of aliphatic hydroxyl groups is 1. The van der Waals surface area contributed by atoms with Crippen LogP contribution in [0.5, 0.6) is 0 Å². The predicted molar refractivity (Wildman–Crippen MR) is 103 cm³/mol. The fourth-order valence-electron chi connectivity index (χ4n) is 3.67. The summed E-state index contributed by atoms with van der Waals surface area (Å²) in [6.45, 7) is 0.488. The molecule has 1 aliphatic carbocycles. The number of hydrogen-bond acceptors (Lipinski definition) is 5. The van der Waals surface area contributed by atoms with E-state index in [0.29, 0.717) is 12.3 Å². The van der Waals surface area contributed by atoms with Gasteiger partial charge in [-0.3, -0.25) is 4.79 Å². The van der Waals surface area contributed by atoms with E-state index >= 15 is 0 Å². The maximum atomic E-state index is 13.0. The van der Waals surface area contributed by atoms with Gasteiger partial charge in [0.25, 0.3) is 0 Å². The van der Waals surface area contributed by atoms with Crippen molar-refractivity contribution in [3.8, 4) is 0 Å². The molecule has 0 aromatic carbocycles. The quantitative estimate of drug-likeness (QED) is 0.649. The summed E-state index contributed by atoms with van der Waals surface area (Å²) in [4.78, 5) is 16.0. The summed E-state index contributed by atoms with van der Waals surface area (Å²) >= 11 is 3.17. The van der Waals surface area contributed by atoms with E-state index in [1.54, 1.807) is 29.7 Å². The van der Waals surface area contributed by atoms with Crippen molar-refractivity contribution in [2.24, 2.45) is 0 Å². The second kappa shape index (κ2) is 7.39. The Kier molecular flexibility index (Phi) is 4.98. The standard InChI is InChI=1S/C20H21NO3S2/c22-18(15-5-3-11-24-15)16-8-7-14(26-16)13-21-19(23)20(9-1-2-10-20)17-6-4-12-25-17/h3-8,11-12,18,22H,1-2,9-10,13H2,(H,21,23). The van der Waals surface area contributed by atoms with Gasteiger partial charge < -0.3 is 14.8 Å². The largest absolute Gasteiger partial charge is 0.466 e. The van der Waals surface area contributed by atoms with Gasteiger partial charge in [-0.15, -0.1) is 22.7 Å². The molecule has 3 heterocycles. The first-order valence-corrected chi connectivity index (χ1v) is 10.5. The van der Waals surface area contributed by atoms with Crippen molar-refractivity contribution >= 4 is 28.6 Å². The molecule has 1 fully saturated rings. The lowest BCUT2D eigenvalue weighted by Gasteiger charge is -2.26. The fraction of sp³-hybridized carbons (Fsp3) is 0.350. The minimum atomic E-state index is -0.758. The van der Waals surface area contributed by atoms with Gasteiger partial charge in [-0.1, -0.05) is 18.9 Å². The lowest BCUT2D eigenvalue weighted by Crippen LogP contribution is -2.41. The highest BCUT2D eigenvalue weighted by atomic mass is 32.1. The molecule has 136 valence electrons. The highest BCUT2D eigenvalue weighted by Crippen LogP contribution is 2.43. The Morgan fingerprint density at radius 3 is 2.77 bits per heavy atom. The lowest BCUT2D eigenvalue weighted by molar-refractivity contribution is -0.126. The zero-order valence-electron chi connectivity index (χ0n) is 14.3. The van der Waals surface area contributed by atoms with Gasteiger partial charge in [0.1, 0.15) is 11.9 Å². The van der Waals surface area contributed by atoms with Crippen LogP contribution >= 0.6 is 22.7 Å². The molecule has 6 heteroatoms. The SMILES string of the molecule is O=C(NCc1ccc(C(O)c2ccco2)s1)C1(c2cccs2)CCCC1. The number of nitrogens with one attached hydrogen (secondary N) is 1. The zero-order valence-corrected chi connectivity index (χ0v) is 15.9. The first kappa shape index (κ1) is 17.5. The number of carbonyl (C=O) groups is 1. The summed E-state index contributed by atoms with van der Waals surface area (Å²) in [7, 11) is 0. The van der Waals surface area contributed by atoms with Gasteiger partial charge in [0.05, 0.1) is 18.2 Å². The summed E-state index contributed by atoms with van der Waals surface area (Å²) in [5.41, 5.74) is -0.359. The molecule has 1 aliphatic rings. The molecule has 0 spiro atoms. The van der Waals surface area contributed by atoms with E-state index in [-0.39, 0.29) is 11.3 Å². The number of carbonyl (C=O) groups excluding carboxylic acids is 1. The van der Waals surface area contributed by atoms with Crippen LogP contribution in [0.4, 0.5) is 0 Å². The smallest absolute Gasteiger partial charge is 0.231 e. The Morgan fingerprint density at radius 1 is 1.23 bits per heavy atom. The number of amides is 1. The molecule has 0 bridgehead atoms. The van der Waals surface area contributed by atoms with Crippen LogP contribution in [0.1, 0.15) is 52.2 Å². The van der Waals surface area contributed by atoms with Gasteiger partial charge in [-0.25, -0.2) is 0 Å². The molecule has 4 rings (SSSR count). The molecule has 3 aromatic heterocycles. The lowest BCUT2D eigenvalue weighted by atomic mass is 9.83. The topological polar surface area (TPSA) is 62.5 Å². The van der Waals surface area contributed by atoms with Crippen molar-refractivity contribution in [3.63, 3.8) is 0 Å². The Morgan fingerprint density at radius 2 is 2.08 bits per heavy atom. The second-order valence-corrected chi connectivity index (χ2v) is 8.82. The molecular weight excluding hydrogens is 366 g/mol. The van der Waals surface area contributed by atoms with Crippen LogP contribution in [0.2, 0.25) is 0 Å². The normalized spacial score (nSPS) is 17.3. The molecule has 3 aromatic rings. The Labute approximate surface area is 160 Å². The number of thiophene rings is 2. The predicted octanol–water partition coefficient (Wildman–Crippen LogP) is 4.61. The van der Waals surface area contributed by atoms with E-state index in [1.807, 2.05) is 23.6 Å². The summed E-state index contributed by atoms with van der Waals surface area (Å²) in [6.07, 6.45) is 4.84. The van der Waals surface area contributed by atoms with Gasteiger partial charge in [0, 0.05) is 14.6 Å². The van der Waals surface area contributed by atoms with Crippen LogP contribution in [0.15, 0.2) is 52.5 Å². The molecule has 1 saturated carbocycles. The maximum Gasteiger partial charge on any atom is 0.231 e. The third kappa shape index (κ3) is 3.24. The minimum Gasteiger partial charge on any atom is -0.466 e. The average molecular weight is 388 g/mol. The first-order valence-electron chi connectivity index (χ1n) is 8.81. The summed E-state index contributed by atoms with van der Waals surface area (Å²) in [5.74, 6) is 0.657. The Balaban J connectivity index is 1.43. The molecule has 4 nitrogen and oxygen atoms in total. The summed E-state index contributed by atoms with van der Waals surface area (Å²) in [6, 6.07) is 11.5. The molecule has 2 N–H and O–H groups in total. The van der Waals surface area contributed by atoms with Gasteiger partial charge in [0.15, 0.2) is 0 Å². The number of rotatable bonds is 6. The van der Waals surface area contributed by atoms with E-state index in [9.17, 15) is 9.90 Å². The third-order valence-corrected chi connectivity index (χ3v) is 7.28. The van der Waals surface area contributed by atoms with E-state index in [2.05, 4.69) is 11.4 Å². The van der Waals surface area contributed by atoms with Gasteiger partial charge >= 0.3 is 0 Å². The molecule has 26 heavy (non-hydrogen) atoms. The third-order valence-electron chi connectivity index (χ3n) is 5.07. The van der Waals surface area contributed by atoms with E-state index < -0.39 is 6.10 Å². The van der Waals surface area contributed by atoms with Crippen molar-refractivity contribution in [1.29, 1.82) is 0 Å². The molecule has 0 aliphatic heterocycles. The van der Waals surface area contributed by atoms with Crippen LogP contribution in [0.3, 0.4) is 0 Å². The Bertz CT molecular complexity index is 846. The van der Waals surface area contributed by atoms with Crippen LogP contribution in [0.25, 0.3) is 0 Å². The van der Waals surface area contributed by atoms with Gasteiger partial charge in [-0.05, 0) is 48.6 Å². The molecule has 1 amide bonds. The van der Waals surface area contributed by atoms with Crippen molar-refractivity contribution in [1.82, 2.24) is 5.32 Å². The molecule has 0 saturated heterocycles. The van der Waals surface area contributed by atoms with Crippen LogP contribution in [-0.2, 0) is 16.8 Å². The maximum absolute atomic E-state index is 13.0. The molecular formula is C20H21NO3S2. The van der Waals surface area contributed by atoms with Crippen LogP contribution < -0.4 is 5.32 Å². The second-order valence-electron chi connectivity index (χ2n) is 6.67. The fourth-order valence-corrected chi connectivity index (χ4v) is 5.61. The van der Waals surface area contributed by atoms with Crippen LogP contribution in [0, 0.1) is 0 Å². The number of hydrogen-bond donors (Lipinski definition) is 2. The summed E-state index contributed by atoms with van der Waals surface area (Å²) in [5, 5.41) is 15.5. The monoisotopic (exact) mass is 387 g/mol. The minimum absolute atomic E-state index is 0.124. The van der Waals surface area contributed by atoms with Crippen LogP contribution in [-0.4, -0.2) is 11.0 Å². The molecule has 1 unspecified atom stereocenters. The average Bonchev–Trinajstić information content (AvgIpc) is 3.45. The number of furan rings is 1. The van der Waals surface area contributed by atoms with Gasteiger partial charge in [-0.2, -0.15) is 0 Å². The Hall–Kier alpha value is -1.89. The highest BCUT2D eigenvalue weighted by molar-refractivity contribution is 7.12. The van der Waals surface area contributed by atoms with Crippen molar-refractivity contribution < 1.29 is 14.3 Å². The molecule has 1 atom stereocenters. The van der Waals surface area contributed by atoms with Crippen molar-refractivity contribution in [3.05, 3.63) is 68.4 Å². The van der Waals surface area contributed by atoms with Crippen molar-refractivity contribution in [2.75, 3.05) is 0 Å².